The first kappa shape index (κ1) is 17.1. The Hall–Kier alpha value is 0.870. The first-order valence-electron chi connectivity index (χ1n) is 2.43. The van der Waals surface area contributed by atoms with Crippen LogP contribution in [-0.4, -0.2) is 30.9 Å². The van der Waals surface area contributed by atoms with Gasteiger partial charge in [-0.3, -0.25) is 0 Å². The van der Waals surface area contributed by atoms with Crippen LogP contribution in [-0.2, 0) is 10.1 Å². The van der Waals surface area contributed by atoms with Crippen LogP contribution in [0.1, 0.15) is 13.3 Å². The van der Waals surface area contributed by atoms with Gasteiger partial charge in [0.2, 0.25) is 0 Å². The molecule has 4 nitrogen and oxygen atoms in total. The Morgan fingerprint density at radius 1 is 1.50 bits per heavy atom. The van der Waals surface area contributed by atoms with Gasteiger partial charge in [-0.05, 0) is 6.42 Å². The number of hydrogen-bond donors (Lipinski definition) is 1. The molecule has 0 aromatic carbocycles. The van der Waals surface area contributed by atoms with Crippen molar-refractivity contribution in [1.82, 2.24) is 0 Å². The predicted octanol–water partition coefficient (Wildman–Crippen LogP) is -3.45. The molecule has 10 heavy (non-hydrogen) atoms. The molecule has 0 bridgehead atoms. The Labute approximate surface area is 83.7 Å². The van der Waals surface area contributed by atoms with E-state index in [1.165, 1.54) is 0 Å². The summed E-state index contributed by atoms with van der Waals surface area (Å²) in [6.45, 7) is 2.25. The summed E-state index contributed by atoms with van der Waals surface area (Å²) in [5.41, 5.74) is 0. The van der Waals surface area contributed by atoms with E-state index in [2.05, 4.69) is 0 Å². The van der Waals surface area contributed by atoms with E-state index >= 15 is 0 Å². The summed E-state index contributed by atoms with van der Waals surface area (Å²) in [7, 11) is -3.92. The van der Waals surface area contributed by atoms with Crippen molar-refractivity contribution in [1.29, 1.82) is 0 Å². The van der Waals surface area contributed by atoms with Crippen LogP contribution in [0, 0.1) is 0 Å². The van der Waals surface area contributed by atoms with E-state index in [1.807, 2.05) is 6.92 Å². The molecule has 0 aromatic rings. The maximum atomic E-state index is 9.08. The van der Waals surface area contributed by atoms with Gasteiger partial charge in [0.05, 0.1) is 10.1 Å². The van der Waals surface area contributed by atoms with E-state index in [-0.39, 0.29) is 29.6 Å². The van der Waals surface area contributed by atoms with E-state index in [4.69, 9.17) is 18.1 Å². The largest absolute Gasteiger partial charge is 1.00 e. The van der Waals surface area contributed by atoms with Gasteiger partial charge >= 0.3 is 29.6 Å². The van der Waals surface area contributed by atoms with E-state index < -0.39 is 10.1 Å². The second-order valence-corrected chi connectivity index (χ2v) is 2.84. The first-order chi connectivity index (χ1) is 3.91. The zero-order valence-electron chi connectivity index (χ0n) is 6.49. The third-order valence-electron chi connectivity index (χ3n) is 0.224. The fourth-order valence-electron chi connectivity index (χ4n) is 0. The molecule has 0 saturated heterocycles. The molecule has 0 rings (SSSR count). The minimum absolute atomic E-state index is 0. The van der Waals surface area contributed by atoms with Gasteiger partial charge in [0.1, 0.15) is 0 Å². The number of aliphatic hydroxyl groups is 1. The molecule has 1 N–H and O–H groups in total. The second-order valence-electron chi connectivity index (χ2n) is 1.43. The fourth-order valence-corrected chi connectivity index (χ4v) is 0. The summed E-state index contributed by atoms with van der Waals surface area (Å²) in [6.07, 6.45) is 1.48. The van der Waals surface area contributed by atoms with Crippen molar-refractivity contribution in [3.05, 3.63) is 0 Å². The van der Waals surface area contributed by atoms with Crippen LogP contribution >= 0.6 is 0 Å². The van der Waals surface area contributed by atoms with Crippen molar-refractivity contribution in [3.63, 3.8) is 0 Å². The van der Waals surface area contributed by atoms with E-state index in [0.29, 0.717) is 12.9 Å². The Bertz CT molecular complexity index is 120. The molecule has 0 atom stereocenters. The van der Waals surface area contributed by atoms with Gasteiger partial charge in [-0.2, -0.15) is 0 Å². The van der Waals surface area contributed by atoms with Gasteiger partial charge in [-0.25, -0.2) is 8.42 Å². The van der Waals surface area contributed by atoms with Crippen LogP contribution in [0.15, 0.2) is 0 Å². The van der Waals surface area contributed by atoms with Crippen LogP contribution < -0.4 is 29.6 Å². The predicted molar refractivity (Wildman–Crippen MR) is 33.0 cm³/mol. The van der Waals surface area contributed by atoms with Gasteiger partial charge in [0, 0.05) is 12.9 Å². The first-order valence-corrected chi connectivity index (χ1v) is 4.25. The summed E-state index contributed by atoms with van der Waals surface area (Å²) >= 11 is 0. The molecule has 6 heteroatoms. The van der Waals surface area contributed by atoms with Gasteiger partial charge in [0.25, 0.3) is 0 Å². The summed E-state index contributed by atoms with van der Waals surface area (Å²) in [5.74, 6) is 0. The van der Waals surface area contributed by atoms with E-state index in [0.717, 1.165) is 6.42 Å². The normalized spacial score (nSPS) is 8.80. The average Bonchev–Trinajstić information content (AvgIpc) is 1.61. The average molecular weight is 178 g/mol. The standard InChI is InChI=1S/C3H8O.CH4O3S.Na/c1-2-3-4;1-5(2,3)4;/h4H,2-3H2,1H3;1H3,(H,2,3,4);/q;;+1/p-1. The Kier molecular flexibility index (Phi) is 16.9. The zero-order valence-corrected chi connectivity index (χ0v) is 9.31. The van der Waals surface area contributed by atoms with Crippen LogP contribution in [0.25, 0.3) is 0 Å². The summed E-state index contributed by atoms with van der Waals surface area (Å²) in [6, 6.07) is 0. The zero-order chi connectivity index (χ0) is 7.91. The SMILES string of the molecule is CCCO.CS(=O)(=O)[O-].[Na+]. The summed E-state index contributed by atoms with van der Waals surface area (Å²) in [4.78, 5) is 0. The van der Waals surface area contributed by atoms with Crippen molar-refractivity contribution in [2.45, 2.75) is 13.3 Å². The van der Waals surface area contributed by atoms with Crippen molar-refractivity contribution in [2.24, 2.45) is 0 Å². The molecular weight excluding hydrogens is 167 g/mol. The summed E-state index contributed by atoms with van der Waals surface area (Å²) in [5, 5.41) is 7.88. The third-order valence-corrected chi connectivity index (χ3v) is 0.224. The molecule has 0 aromatic heterocycles. The Balaban J connectivity index is -0.0000000910. The van der Waals surface area contributed by atoms with E-state index in [1.54, 1.807) is 0 Å². The van der Waals surface area contributed by atoms with Gasteiger partial charge in [-0.15, -0.1) is 0 Å². The Morgan fingerprint density at radius 3 is 1.60 bits per heavy atom. The van der Waals surface area contributed by atoms with Gasteiger partial charge in [0.15, 0.2) is 0 Å². The molecular formula is C4H11NaO4S. The van der Waals surface area contributed by atoms with Gasteiger partial charge in [-0.1, -0.05) is 6.92 Å². The maximum Gasteiger partial charge on any atom is 1.00 e. The number of hydrogen-bond acceptors (Lipinski definition) is 4. The second kappa shape index (κ2) is 9.87. The van der Waals surface area contributed by atoms with Crippen LogP contribution in [0.3, 0.4) is 0 Å². The number of aliphatic hydroxyl groups excluding tert-OH is 1. The van der Waals surface area contributed by atoms with E-state index in [9.17, 15) is 0 Å². The molecule has 0 amide bonds. The molecule has 58 valence electrons. The number of rotatable bonds is 1. The van der Waals surface area contributed by atoms with Crippen molar-refractivity contribution in [2.75, 3.05) is 12.9 Å². The monoisotopic (exact) mass is 178 g/mol. The van der Waals surface area contributed by atoms with Crippen LogP contribution in [0.2, 0.25) is 0 Å². The molecule has 0 radical (unpaired) electrons. The quantitative estimate of drug-likeness (QED) is 0.334. The topological polar surface area (TPSA) is 77.4 Å². The molecule has 0 saturated carbocycles. The van der Waals surface area contributed by atoms with Crippen LogP contribution in [0.5, 0.6) is 0 Å². The molecule has 0 spiro atoms. The summed E-state index contributed by atoms with van der Waals surface area (Å²) < 4.78 is 27.2. The third kappa shape index (κ3) is 157. The Morgan fingerprint density at radius 2 is 1.60 bits per heavy atom. The van der Waals surface area contributed by atoms with Crippen molar-refractivity contribution in [3.8, 4) is 0 Å². The smallest absolute Gasteiger partial charge is 0.748 e. The van der Waals surface area contributed by atoms with Crippen molar-refractivity contribution < 1.29 is 47.6 Å². The molecule has 0 heterocycles. The minimum atomic E-state index is -3.92. The van der Waals surface area contributed by atoms with Gasteiger partial charge < -0.3 is 9.66 Å². The molecule has 0 aliphatic heterocycles. The van der Waals surface area contributed by atoms with Crippen LogP contribution in [0.4, 0.5) is 0 Å². The molecule has 0 aliphatic rings. The van der Waals surface area contributed by atoms with Crippen molar-refractivity contribution >= 4 is 10.1 Å². The minimum Gasteiger partial charge on any atom is -0.748 e. The molecule has 0 unspecified atom stereocenters. The molecule has 0 fully saturated rings. The molecule has 0 aliphatic carbocycles. The maximum absolute atomic E-state index is 9.08. The fraction of sp³-hybridized carbons (Fsp3) is 1.00.